The maximum atomic E-state index is 12.6. The molecular weight excluding hydrogens is 529 g/mol. The SMILES string of the molecule is CCNC(=NCc1cc(Cl)ccc1OC(F)F)NCC(c1cnn(C)c1)N(C)C.I. The van der Waals surface area contributed by atoms with Crippen molar-refractivity contribution in [3.05, 3.63) is 46.7 Å². The lowest BCUT2D eigenvalue weighted by Crippen LogP contribution is -2.41. The van der Waals surface area contributed by atoms with Crippen molar-refractivity contribution in [2.24, 2.45) is 12.0 Å². The molecule has 0 amide bonds. The van der Waals surface area contributed by atoms with E-state index in [1.54, 1.807) is 10.7 Å². The summed E-state index contributed by atoms with van der Waals surface area (Å²) in [6.07, 6.45) is 3.80. The molecule has 0 aliphatic carbocycles. The molecule has 0 saturated carbocycles. The highest BCUT2D eigenvalue weighted by Crippen LogP contribution is 2.25. The third kappa shape index (κ3) is 8.23. The van der Waals surface area contributed by atoms with Crippen LogP contribution in [-0.4, -0.2) is 54.4 Å². The third-order valence-corrected chi connectivity index (χ3v) is 4.42. The fraction of sp³-hybridized carbons (Fsp3) is 0.474. The number of hydrogen-bond acceptors (Lipinski definition) is 4. The first-order chi connectivity index (χ1) is 13.8. The van der Waals surface area contributed by atoms with Gasteiger partial charge in [-0.3, -0.25) is 4.68 Å². The number of hydrogen-bond donors (Lipinski definition) is 2. The summed E-state index contributed by atoms with van der Waals surface area (Å²) in [5, 5.41) is 11.1. The number of nitrogens with one attached hydrogen (secondary N) is 2. The Morgan fingerprint density at radius 3 is 2.63 bits per heavy atom. The van der Waals surface area contributed by atoms with Crippen LogP contribution in [0.5, 0.6) is 5.75 Å². The average Bonchev–Trinajstić information content (AvgIpc) is 3.07. The van der Waals surface area contributed by atoms with Crippen molar-refractivity contribution in [2.45, 2.75) is 26.1 Å². The Bertz CT molecular complexity index is 818. The molecular formula is C19H28ClF2IN6O. The predicted octanol–water partition coefficient (Wildman–Crippen LogP) is 3.65. The molecule has 0 spiro atoms. The molecule has 0 saturated heterocycles. The van der Waals surface area contributed by atoms with Gasteiger partial charge >= 0.3 is 6.61 Å². The second-order valence-electron chi connectivity index (χ2n) is 6.63. The molecule has 2 rings (SSSR count). The van der Waals surface area contributed by atoms with Crippen LogP contribution >= 0.6 is 35.6 Å². The standard InChI is InChI=1S/C19H27ClF2N6O.HI/c1-5-23-19(25-11-16(27(2)3)14-10-26-28(4)12-14)24-9-13-8-15(20)6-7-17(13)29-18(21)22;/h6-8,10,12,16,18H,5,9,11H2,1-4H3,(H2,23,24,25);1H. The minimum Gasteiger partial charge on any atom is -0.434 e. The van der Waals surface area contributed by atoms with Crippen LogP contribution in [0.15, 0.2) is 35.6 Å². The Morgan fingerprint density at radius 1 is 1.33 bits per heavy atom. The summed E-state index contributed by atoms with van der Waals surface area (Å²) in [5.74, 6) is 0.622. The average molecular weight is 557 g/mol. The largest absolute Gasteiger partial charge is 0.434 e. The van der Waals surface area contributed by atoms with Gasteiger partial charge in [0.05, 0.1) is 18.8 Å². The van der Waals surface area contributed by atoms with E-state index in [9.17, 15) is 8.78 Å². The topological polar surface area (TPSA) is 66.7 Å². The molecule has 0 fully saturated rings. The van der Waals surface area contributed by atoms with Crippen molar-refractivity contribution in [3.63, 3.8) is 0 Å². The van der Waals surface area contributed by atoms with E-state index < -0.39 is 6.61 Å². The van der Waals surface area contributed by atoms with E-state index in [2.05, 4.69) is 30.4 Å². The van der Waals surface area contributed by atoms with E-state index in [0.717, 1.165) is 5.56 Å². The zero-order valence-electron chi connectivity index (χ0n) is 17.4. The van der Waals surface area contributed by atoms with Crippen LogP contribution in [-0.2, 0) is 13.6 Å². The molecule has 0 aliphatic rings. The van der Waals surface area contributed by atoms with Gasteiger partial charge in [-0.15, -0.1) is 24.0 Å². The monoisotopic (exact) mass is 556 g/mol. The molecule has 2 aromatic rings. The third-order valence-electron chi connectivity index (χ3n) is 4.19. The smallest absolute Gasteiger partial charge is 0.387 e. The second kappa shape index (κ2) is 12.9. The number of likely N-dealkylation sites (N-methyl/N-ethyl adjacent to an activating group) is 1. The first kappa shape index (κ1) is 26.4. The summed E-state index contributed by atoms with van der Waals surface area (Å²) in [5.41, 5.74) is 1.55. The van der Waals surface area contributed by atoms with Gasteiger partial charge in [0.1, 0.15) is 5.75 Å². The number of halogens is 4. The number of nitrogens with zero attached hydrogens (tertiary/aromatic N) is 4. The fourth-order valence-electron chi connectivity index (χ4n) is 2.79. The van der Waals surface area contributed by atoms with Crippen molar-refractivity contribution < 1.29 is 13.5 Å². The van der Waals surface area contributed by atoms with E-state index in [1.807, 2.05) is 40.5 Å². The molecule has 0 radical (unpaired) electrons. The van der Waals surface area contributed by atoms with Crippen molar-refractivity contribution >= 4 is 41.5 Å². The first-order valence-electron chi connectivity index (χ1n) is 9.20. The number of aromatic nitrogens is 2. The number of aliphatic imine (C=N–C) groups is 1. The van der Waals surface area contributed by atoms with Crippen molar-refractivity contribution in [3.8, 4) is 5.75 Å². The normalized spacial score (nSPS) is 12.6. The minimum atomic E-state index is -2.91. The Labute approximate surface area is 197 Å². The molecule has 7 nitrogen and oxygen atoms in total. The number of rotatable bonds is 9. The summed E-state index contributed by atoms with van der Waals surface area (Å²) < 4.78 is 31.6. The fourth-order valence-corrected chi connectivity index (χ4v) is 2.99. The Kier molecular flexibility index (Phi) is 11.3. The van der Waals surface area contributed by atoms with Gasteiger partial charge in [-0.1, -0.05) is 11.6 Å². The van der Waals surface area contributed by atoms with Crippen LogP contribution in [0, 0.1) is 0 Å². The lowest BCUT2D eigenvalue weighted by atomic mass is 10.1. The van der Waals surface area contributed by atoms with Gasteiger partial charge in [0.25, 0.3) is 0 Å². The minimum absolute atomic E-state index is 0. The molecule has 1 aromatic carbocycles. The molecule has 0 aliphatic heterocycles. The van der Waals surface area contributed by atoms with E-state index in [1.165, 1.54) is 12.1 Å². The molecule has 2 N–H and O–H groups in total. The van der Waals surface area contributed by atoms with E-state index >= 15 is 0 Å². The van der Waals surface area contributed by atoms with Gasteiger partial charge in [0.15, 0.2) is 5.96 Å². The van der Waals surface area contributed by atoms with Gasteiger partial charge in [-0.2, -0.15) is 13.9 Å². The molecule has 1 atom stereocenters. The van der Waals surface area contributed by atoms with E-state index in [-0.39, 0.29) is 42.3 Å². The zero-order valence-corrected chi connectivity index (χ0v) is 20.5. The molecule has 30 heavy (non-hydrogen) atoms. The van der Waals surface area contributed by atoms with Crippen LogP contribution in [0.1, 0.15) is 24.1 Å². The number of ether oxygens (including phenoxy) is 1. The molecule has 1 aromatic heterocycles. The van der Waals surface area contributed by atoms with Crippen LogP contribution in [0.3, 0.4) is 0 Å². The Hall–Kier alpha value is -1.66. The lowest BCUT2D eigenvalue weighted by Gasteiger charge is -2.24. The number of benzene rings is 1. The van der Waals surface area contributed by atoms with Crippen LogP contribution in [0.4, 0.5) is 8.78 Å². The van der Waals surface area contributed by atoms with Crippen LogP contribution in [0.25, 0.3) is 0 Å². The highest BCUT2D eigenvalue weighted by Gasteiger charge is 2.16. The lowest BCUT2D eigenvalue weighted by molar-refractivity contribution is -0.0504. The predicted molar refractivity (Wildman–Crippen MR) is 126 cm³/mol. The van der Waals surface area contributed by atoms with Gasteiger partial charge < -0.3 is 20.3 Å². The summed E-state index contributed by atoms with van der Waals surface area (Å²) >= 11 is 6.00. The van der Waals surface area contributed by atoms with Gasteiger partial charge in [-0.25, -0.2) is 4.99 Å². The van der Waals surface area contributed by atoms with Crippen molar-refractivity contribution in [1.82, 2.24) is 25.3 Å². The highest BCUT2D eigenvalue weighted by atomic mass is 127. The molecule has 1 unspecified atom stereocenters. The second-order valence-corrected chi connectivity index (χ2v) is 7.07. The Morgan fingerprint density at radius 2 is 2.07 bits per heavy atom. The molecule has 11 heteroatoms. The number of aryl methyl sites for hydroxylation is 1. The van der Waals surface area contributed by atoms with Crippen molar-refractivity contribution in [2.75, 3.05) is 27.2 Å². The quantitative estimate of drug-likeness (QED) is 0.281. The highest BCUT2D eigenvalue weighted by molar-refractivity contribution is 14.0. The molecule has 1 heterocycles. The molecule has 0 bridgehead atoms. The van der Waals surface area contributed by atoms with Crippen LogP contribution in [0.2, 0.25) is 5.02 Å². The number of guanidine groups is 1. The van der Waals surface area contributed by atoms with Gasteiger partial charge in [-0.05, 0) is 39.2 Å². The van der Waals surface area contributed by atoms with Gasteiger partial charge in [0, 0.05) is 42.5 Å². The Balaban J connectivity index is 0.00000450. The first-order valence-corrected chi connectivity index (χ1v) is 9.58. The van der Waals surface area contributed by atoms with Crippen LogP contribution < -0.4 is 15.4 Å². The van der Waals surface area contributed by atoms with E-state index in [0.29, 0.717) is 29.6 Å². The maximum Gasteiger partial charge on any atom is 0.387 e. The summed E-state index contributed by atoms with van der Waals surface area (Å²) in [4.78, 5) is 6.58. The maximum absolute atomic E-state index is 12.6. The number of alkyl halides is 2. The van der Waals surface area contributed by atoms with E-state index in [4.69, 9.17) is 11.6 Å². The zero-order chi connectivity index (χ0) is 21.4. The van der Waals surface area contributed by atoms with Gasteiger partial charge in [0.2, 0.25) is 0 Å². The van der Waals surface area contributed by atoms with Crippen molar-refractivity contribution in [1.29, 1.82) is 0 Å². The molecule has 168 valence electrons. The summed E-state index contributed by atoms with van der Waals surface area (Å²) in [6, 6.07) is 4.58. The summed E-state index contributed by atoms with van der Waals surface area (Å²) in [7, 11) is 5.85. The summed E-state index contributed by atoms with van der Waals surface area (Å²) in [6.45, 7) is 0.414.